The summed E-state index contributed by atoms with van der Waals surface area (Å²) in [6.45, 7) is 12.4. The van der Waals surface area contributed by atoms with Gasteiger partial charge in [0.25, 0.3) is 0 Å². The van der Waals surface area contributed by atoms with Gasteiger partial charge in [0.15, 0.2) is 0 Å². The van der Waals surface area contributed by atoms with Crippen molar-refractivity contribution in [2.45, 2.75) is 65.6 Å². The molecule has 1 saturated carbocycles. The van der Waals surface area contributed by atoms with Crippen LogP contribution < -0.4 is 10.2 Å². The van der Waals surface area contributed by atoms with Gasteiger partial charge in [-0.15, -0.1) is 5.10 Å². The molecule has 1 aromatic rings. The highest BCUT2D eigenvalue weighted by atomic mass is 16.4. The van der Waals surface area contributed by atoms with Crippen molar-refractivity contribution in [3.8, 4) is 0 Å². The van der Waals surface area contributed by atoms with E-state index in [1.807, 2.05) is 0 Å². The van der Waals surface area contributed by atoms with Gasteiger partial charge >= 0.3 is 6.01 Å². The van der Waals surface area contributed by atoms with Gasteiger partial charge in [-0.1, -0.05) is 5.10 Å². The minimum atomic E-state index is 0.0559. The normalized spacial score (nSPS) is 16.1. The van der Waals surface area contributed by atoms with Crippen molar-refractivity contribution in [3.05, 3.63) is 5.89 Å². The van der Waals surface area contributed by atoms with E-state index in [1.54, 1.807) is 0 Å². The minimum absolute atomic E-state index is 0.0559. The fourth-order valence-electron chi connectivity index (χ4n) is 1.86. The first-order valence-corrected chi connectivity index (χ1v) is 7.19. The molecule has 5 heteroatoms. The third-order valence-electron chi connectivity index (χ3n) is 3.25. The summed E-state index contributed by atoms with van der Waals surface area (Å²) in [4.78, 5) is 2.21. The van der Waals surface area contributed by atoms with Crippen LogP contribution in [-0.2, 0) is 6.54 Å². The van der Waals surface area contributed by atoms with Crippen molar-refractivity contribution in [3.63, 3.8) is 0 Å². The van der Waals surface area contributed by atoms with Gasteiger partial charge in [0.05, 0.1) is 6.54 Å². The van der Waals surface area contributed by atoms with Gasteiger partial charge in [-0.25, -0.2) is 0 Å². The van der Waals surface area contributed by atoms with Crippen LogP contribution in [0.1, 0.15) is 53.4 Å². The third kappa shape index (κ3) is 4.49. The quantitative estimate of drug-likeness (QED) is 0.857. The predicted molar refractivity (Wildman–Crippen MR) is 76.1 cm³/mol. The van der Waals surface area contributed by atoms with Crippen molar-refractivity contribution in [2.75, 3.05) is 11.4 Å². The Morgan fingerprint density at radius 2 is 2.00 bits per heavy atom. The van der Waals surface area contributed by atoms with Gasteiger partial charge in [0.1, 0.15) is 0 Å². The maximum Gasteiger partial charge on any atom is 0.318 e. The van der Waals surface area contributed by atoms with Gasteiger partial charge in [-0.3, -0.25) is 0 Å². The first-order valence-electron chi connectivity index (χ1n) is 7.19. The number of aromatic nitrogens is 2. The standard InChI is InChI=1S/C14H26N4O/c1-10(2)18(9-11-6-7-11)13-17-16-12(19-13)8-15-14(3,4)5/h10-11,15H,6-9H2,1-5H3. The Balaban J connectivity index is 1.97. The predicted octanol–water partition coefficient (Wildman–Crippen LogP) is 2.58. The summed E-state index contributed by atoms with van der Waals surface area (Å²) in [5.74, 6) is 1.47. The molecule has 0 aromatic carbocycles. The zero-order valence-electron chi connectivity index (χ0n) is 12.7. The maximum absolute atomic E-state index is 5.77. The van der Waals surface area contributed by atoms with Crippen LogP contribution >= 0.6 is 0 Å². The van der Waals surface area contributed by atoms with Gasteiger partial charge in [0.2, 0.25) is 5.89 Å². The molecule has 1 heterocycles. The first-order chi connectivity index (χ1) is 8.85. The SMILES string of the molecule is CC(C)N(CC1CC1)c1nnc(CNC(C)(C)C)o1. The molecular weight excluding hydrogens is 240 g/mol. The van der Waals surface area contributed by atoms with Crippen LogP contribution in [0.15, 0.2) is 4.42 Å². The Morgan fingerprint density at radius 1 is 1.32 bits per heavy atom. The molecule has 0 unspecified atom stereocenters. The lowest BCUT2D eigenvalue weighted by atomic mass is 10.1. The Labute approximate surface area is 115 Å². The topological polar surface area (TPSA) is 54.2 Å². The second-order valence-electron chi connectivity index (χ2n) is 6.77. The number of nitrogens with zero attached hydrogens (tertiary/aromatic N) is 3. The van der Waals surface area contributed by atoms with Crippen LogP contribution in [0, 0.1) is 5.92 Å². The molecule has 0 saturated heterocycles. The molecule has 1 aliphatic rings. The molecule has 1 N–H and O–H groups in total. The van der Waals surface area contributed by atoms with E-state index in [9.17, 15) is 0 Å². The van der Waals surface area contributed by atoms with E-state index in [4.69, 9.17) is 4.42 Å². The second-order valence-corrected chi connectivity index (χ2v) is 6.77. The Kier molecular flexibility index (Phi) is 4.13. The molecule has 0 atom stereocenters. The Morgan fingerprint density at radius 3 is 2.53 bits per heavy atom. The highest BCUT2D eigenvalue weighted by molar-refractivity contribution is 5.26. The van der Waals surface area contributed by atoms with Crippen LogP contribution in [0.5, 0.6) is 0 Å². The zero-order valence-corrected chi connectivity index (χ0v) is 12.7. The van der Waals surface area contributed by atoms with Crippen LogP contribution in [0.3, 0.4) is 0 Å². The lowest BCUT2D eigenvalue weighted by molar-refractivity contribution is 0.378. The zero-order chi connectivity index (χ0) is 14.0. The molecule has 0 amide bonds. The summed E-state index contributed by atoms with van der Waals surface area (Å²) in [5, 5.41) is 11.7. The van der Waals surface area contributed by atoms with E-state index in [2.05, 4.69) is 55.0 Å². The molecule has 0 radical (unpaired) electrons. The van der Waals surface area contributed by atoms with E-state index in [0.29, 0.717) is 24.5 Å². The van der Waals surface area contributed by atoms with Crippen LogP contribution in [0.25, 0.3) is 0 Å². The van der Waals surface area contributed by atoms with Crippen molar-refractivity contribution < 1.29 is 4.42 Å². The Bertz CT molecular complexity index is 404. The van der Waals surface area contributed by atoms with E-state index in [0.717, 1.165) is 12.5 Å². The number of anilines is 1. The molecule has 1 aliphatic carbocycles. The molecule has 19 heavy (non-hydrogen) atoms. The summed E-state index contributed by atoms with van der Waals surface area (Å²) < 4.78 is 5.77. The molecule has 2 rings (SSSR count). The third-order valence-corrected chi connectivity index (χ3v) is 3.25. The van der Waals surface area contributed by atoms with Crippen molar-refractivity contribution >= 4 is 6.01 Å². The highest BCUT2D eigenvalue weighted by Gasteiger charge is 2.28. The van der Waals surface area contributed by atoms with E-state index in [1.165, 1.54) is 12.8 Å². The van der Waals surface area contributed by atoms with E-state index >= 15 is 0 Å². The maximum atomic E-state index is 5.77. The average molecular weight is 266 g/mol. The van der Waals surface area contributed by atoms with Crippen LogP contribution in [0.2, 0.25) is 0 Å². The van der Waals surface area contributed by atoms with Crippen LogP contribution in [0.4, 0.5) is 6.01 Å². The molecule has 5 nitrogen and oxygen atoms in total. The molecule has 0 spiro atoms. The molecule has 0 bridgehead atoms. The second kappa shape index (κ2) is 5.49. The van der Waals surface area contributed by atoms with Crippen molar-refractivity contribution in [1.29, 1.82) is 0 Å². The number of nitrogens with one attached hydrogen (secondary N) is 1. The minimum Gasteiger partial charge on any atom is -0.407 e. The summed E-state index contributed by atoms with van der Waals surface area (Å²) in [6, 6.07) is 1.05. The fraction of sp³-hybridized carbons (Fsp3) is 0.857. The van der Waals surface area contributed by atoms with Gasteiger partial charge in [0, 0.05) is 18.1 Å². The van der Waals surface area contributed by atoms with Crippen LogP contribution in [-0.4, -0.2) is 28.3 Å². The molecule has 1 aromatic heterocycles. The summed E-state index contributed by atoms with van der Waals surface area (Å²) in [7, 11) is 0. The van der Waals surface area contributed by atoms with Crippen molar-refractivity contribution in [2.24, 2.45) is 5.92 Å². The highest BCUT2D eigenvalue weighted by Crippen LogP contribution is 2.31. The lowest BCUT2D eigenvalue weighted by Crippen LogP contribution is -2.35. The number of hydrogen-bond donors (Lipinski definition) is 1. The largest absolute Gasteiger partial charge is 0.407 e. The summed E-state index contributed by atoms with van der Waals surface area (Å²) in [5.41, 5.74) is 0.0559. The van der Waals surface area contributed by atoms with Crippen molar-refractivity contribution in [1.82, 2.24) is 15.5 Å². The lowest BCUT2D eigenvalue weighted by Gasteiger charge is -2.24. The molecular formula is C14H26N4O. The summed E-state index contributed by atoms with van der Waals surface area (Å²) >= 11 is 0. The smallest absolute Gasteiger partial charge is 0.318 e. The summed E-state index contributed by atoms with van der Waals surface area (Å²) in [6.07, 6.45) is 2.66. The van der Waals surface area contributed by atoms with E-state index in [-0.39, 0.29) is 5.54 Å². The van der Waals surface area contributed by atoms with Gasteiger partial charge in [-0.05, 0) is 53.4 Å². The number of rotatable bonds is 6. The average Bonchev–Trinajstić information content (AvgIpc) is 2.99. The monoisotopic (exact) mass is 266 g/mol. The molecule has 0 aliphatic heterocycles. The Hall–Kier alpha value is -1.10. The number of hydrogen-bond acceptors (Lipinski definition) is 5. The first kappa shape index (κ1) is 14.3. The van der Waals surface area contributed by atoms with E-state index < -0.39 is 0 Å². The molecule has 1 fully saturated rings. The molecule has 108 valence electrons. The van der Waals surface area contributed by atoms with Gasteiger partial charge < -0.3 is 14.6 Å². The fourth-order valence-corrected chi connectivity index (χ4v) is 1.86. The van der Waals surface area contributed by atoms with Gasteiger partial charge in [-0.2, -0.15) is 0 Å².